The van der Waals surface area contributed by atoms with Crippen molar-refractivity contribution in [2.45, 2.75) is 157 Å². The van der Waals surface area contributed by atoms with E-state index < -0.39 is 90.8 Å². The number of hydrogen-bond acceptors (Lipinski definition) is 19. The molecular weight excluding hydrogens is 1310 g/mol. The summed E-state index contributed by atoms with van der Waals surface area (Å²) in [6.45, 7) is 11.0. The SMILES string of the molecule is CCN1C(=CC=CC=CC2=[N+](CCCCCC(=O)NCCCCCC(=O)NCCCCCC(=O)NC/C=C/c3cn([C@H]4C[C@H](O)[C@@H](COP(=O)(O)OP(=O)(O)OP(=O)(O)O)O4)c(=O)[nH]c3=O)c3ccc(S(=O)(=O)O)cc3C2(C)C)C(C)(C)c2cc(S(=O)(=O)[O-])ccc21. The minimum atomic E-state index is -5.79. The zero-order valence-corrected chi connectivity index (χ0v) is 55.7. The van der Waals surface area contributed by atoms with E-state index in [1.54, 1.807) is 12.1 Å². The van der Waals surface area contributed by atoms with Crippen LogP contribution in [0.3, 0.4) is 0 Å². The summed E-state index contributed by atoms with van der Waals surface area (Å²) in [5.41, 5.74) is 1.86. The number of anilines is 1. The van der Waals surface area contributed by atoms with Crippen LogP contribution in [0.5, 0.6) is 0 Å². The van der Waals surface area contributed by atoms with Gasteiger partial charge in [0.05, 0.1) is 33.5 Å². The number of aliphatic hydroxyl groups is 1. The molecular formula is C57H80N7O23P3S2. The smallest absolute Gasteiger partial charge is 0.490 e. The van der Waals surface area contributed by atoms with Crippen LogP contribution in [0.2, 0.25) is 0 Å². The molecule has 5 atom stereocenters. The highest BCUT2D eigenvalue weighted by molar-refractivity contribution is 7.86. The normalized spacial score (nSPS) is 19.8. The molecule has 0 saturated carbocycles. The number of nitrogens with one attached hydrogen (secondary N) is 4. The Kier molecular flexibility index (Phi) is 26.2. The molecule has 6 rings (SSSR count). The van der Waals surface area contributed by atoms with E-state index in [1.807, 2.05) is 65.0 Å². The van der Waals surface area contributed by atoms with Gasteiger partial charge in [-0.15, -0.1) is 0 Å². The molecule has 1 fully saturated rings. The van der Waals surface area contributed by atoms with E-state index >= 15 is 0 Å². The number of aliphatic hydroxyl groups excluding tert-OH is 1. The van der Waals surface area contributed by atoms with E-state index in [0.717, 1.165) is 63.9 Å². The summed E-state index contributed by atoms with van der Waals surface area (Å²) in [4.78, 5) is 103. The van der Waals surface area contributed by atoms with Crippen molar-refractivity contribution in [3.63, 3.8) is 0 Å². The second-order valence-electron chi connectivity index (χ2n) is 23.0. The highest BCUT2D eigenvalue weighted by Crippen LogP contribution is 2.66. The van der Waals surface area contributed by atoms with Gasteiger partial charge in [-0.1, -0.05) is 57.1 Å². The molecule has 0 aliphatic carbocycles. The number of H-pyrrole nitrogens is 1. The standard InChI is InChI=1S/C57H80N7O23P3S2/c1-6-62-44-28-26-40(91(78,79)80)34-42(44)56(2,3)48(62)21-11-7-12-22-49-57(4,5)43-35-41(92(81,82)83)27-29-45(43)63(49)33-18-10-15-25-51(67)59-31-16-8-13-23-50(66)58-30-17-9-14-24-52(68)60-32-19-20-39-37-64(55(70)61-54(39)69)53-36-46(65)47(85-53)38-84-89(74,75)87-90(76,77)86-88(71,72)73/h7,11-12,19-22,26-29,34-35,37,46-47,53,65H,6,8-10,13-18,23-25,30-33,36,38H2,1-5H3,(H9-,58,59,60,61,66,67,68,69,70,71,72,73,74,75,76,77,78,79,80,81,82,83)/b20-19+/t46-,47+,53+/m0/s1. The van der Waals surface area contributed by atoms with Crippen molar-refractivity contribution in [3.8, 4) is 0 Å². The summed E-state index contributed by atoms with van der Waals surface area (Å²) in [6, 6.07) is 9.01. The molecule has 508 valence electrons. The molecule has 35 heteroatoms. The van der Waals surface area contributed by atoms with Crippen LogP contribution in [0, 0.1) is 0 Å². The van der Waals surface area contributed by atoms with Crippen LogP contribution >= 0.6 is 23.5 Å². The zero-order valence-electron chi connectivity index (χ0n) is 51.4. The molecule has 3 aromatic rings. The van der Waals surface area contributed by atoms with Gasteiger partial charge in [0.25, 0.3) is 15.7 Å². The zero-order chi connectivity index (χ0) is 68.0. The number of aromatic amines is 1. The monoisotopic (exact) mass is 1390 g/mol. The summed E-state index contributed by atoms with van der Waals surface area (Å²) < 4.78 is 125. The summed E-state index contributed by atoms with van der Waals surface area (Å²) >= 11 is 0. The Morgan fingerprint density at radius 1 is 0.772 bits per heavy atom. The van der Waals surface area contributed by atoms with E-state index in [0.29, 0.717) is 77.5 Å². The highest BCUT2D eigenvalue weighted by atomic mass is 32.2. The molecule has 1 saturated heterocycles. The quantitative estimate of drug-likeness (QED) is 0.0112. The van der Waals surface area contributed by atoms with Crippen LogP contribution < -0.4 is 32.1 Å². The predicted octanol–water partition coefficient (Wildman–Crippen LogP) is 5.61. The van der Waals surface area contributed by atoms with Crippen molar-refractivity contribution >= 4 is 84.6 Å². The Hall–Kier alpha value is -5.89. The Morgan fingerprint density at radius 3 is 1.97 bits per heavy atom. The first kappa shape index (κ1) is 75.1. The third kappa shape index (κ3) is 21.3. The number of likely N-dealkylation sites (N-methyl/N-ethyl adjacent to an activating group) is 1. The number of phosphoric ester groups is 1. The Morgan fingerprint density at radius 2 is 1.37 bits per heavy atom. The lowest BCUT2D eigenvalue weighted by Gasteiger charge is -2.25. The maximum Gasteiger partial charge on any atom is 0.490 e. The fourth-order valence-corrected chi connectivity index (χ4v) is 14.9. The lowest BCUT2D eigenvalue weighted by atomic mass is 9.81. The largest absolute Gasteiger partial charge is 0.744 e. The summed E-state index contributed by atoms with van der Waals surface area (Å²) in [6.07, 6.45) is 15.8. The number of phosphoric acid groups is 3. The van der Waals surface area contributed by atoms with Gasteiger partial charge in [-0.25, -0.2) is 26.9 Å². The number of rotatable bonds is 35. The fourth-order valence-electron chi connectivity index (χ4n) is 10.9. The molecule has 0 spiro atoms. The predicted molar refractivity (Wildman–Crippen MR) is 335 cm³/mol. The number of carbonyl (C=O) groups excluding carboxylic acids is 3. The molecule has 3 amide bonds. The van der Waals surface area contributed by atoms with Crippen LogP contribution in [0.25, 0.3) is 6.08 Å². The second kappa shape index (κ2) is 32.0. The van der Waals surface area contributed by atoms with Crippen molar-refractivity contribution in [1.82, 2.24) is 25.5 Å². The fraction of sp³-hybridized carbons (Fsp3) is 0.509. The average Bonchev–Trinajstić information content (AvgIpc) is 1.60. The van der Waals surface area contributed by atoms with Gasteiger partial charge >= 0.3 is 29.2 Å². The number of hydrogen-bond donors (Lipinski definition) is 10. The molecule has 92 heavy (non-hydrogen) atoms. The minimum Gasteiger partial charge on any atom is -0.744 e. The van der Waals surface area contributed by atoms with Crippen molar-refractivity contribution in [3.05, 3.63) is 122 Å². The number of ether oxygens (including phenoxy) is 1. The maximum absolute atomic E-state index is 12.7. The number of fused-ring (bicyclic) bond motifs is 2. The van der Waals surface area contributed by atoms with E-state index in [-0.39, 0.29) is 52.5 Å². The molecule has 1 aromatic heterocycles. The molecule has 2 unspecified atom stereocenters. The van der Waals surface area contributed by atoms with Crippen molar-refractivity contribution in [1.29, 1.82) is 0 Å². The molecule has 30 nitrogen and oxygen atoms in total. The number of amides is 3. The van der Waals surface area contributed by atoms with Gasteiger partial charge in [0.15, 0.2) is 5.71 Å². The Labute approximate surface area is 532 Å². The van der Waals surface area contributed by atoms with Gasteiger partial charge in [-0.2, -0.15) is 21.6 Å². The first-order valence-corrected chi connectivity index (χ1v) is 37.0. The number of benzene rings is 2. The number of unbranched alkanes of at least 4 members (excludes halogenated alkanes) is 6. The molecule has 0 radical (unpaired) electrons. The molecule has 4 heterocycles. The summed E-state index contributed by atoms with van der Waals surface area (Å²) in [5.74, 6) is -0.452. The van der Waals surface area contributed by atoms with Crippen LogP contribution in [0.15, 0.2) is 104 Å². The molecule has 3 aliphatic heterocycles. The number of carbonyl (C=O) groups is 3. The van der Waals surface area contributed by atoms with Gasteiger partial charge in [-0.05, 0) is 101 Å². The lowest BCUT2D eigenvalue weighted by Crippen LogP contribution is -2.33. The minimum absolute atomic E-state index is 0.0142. The number of nitrogens with zero attached hydrogens (tertiary/aromatic N) is 3. The second-order valence-corrected chi connectivity index (χ2v) is 30.2. The Balaban J connectivity index is 0.838. The van der Waals surface area contributed by atoms with Crippen LogP contribution in [-0.4, -0.2) is 140 Å². The van der Waals surface area contributed by atoms with Crippen LogP contribution in [0.4, 0.5) is 11.4 Å². The van der Waals surface area contributed by atoms with Gasteiger partial charge in [0.2, 0.25) is 23.4 Å². The Bertz CT molecular complexity index is 3880. The third-order valence-corrected chi connectivity index (χ3v) is 21.0. The highest BCUT2D eigenvalue weighted by Gasteiger charge is 2.46. The van der Waals surface area contributed by atoms with E-state index in [4.69, 9.17) is 14.5 Å². The first-order valence-electron chi connectivity index (χ1n) is 29.6. The van der Waals surface area contributed by atoms with Gasteiger partial charge in [0, 0.05) is 99.0 Å². The van der Waals surface area contributed by atoms with E-state index in [1.165, 1.54) is 36.4 Å². The molecule has 0 bridgehead atoms. The average molecular weight is 1390 g/mol. The van der Waals surface area contributed by atoms with Crippen LogP contribution in [0.1, 0.15) is 141 Å². The van der Waals surface area contributed by atoms with Gasteiger partial charge in [0.1, 0.15) is 29.0 Å². The number of aromatic nitrogens is 2. The topological polar surface area (TPSA) is 449 Å². The summed E-state index contributed by atoms with van der Waals surface area (Å²) in [5, 5.41) is 18.9. The first-order chi connectivity index (χ1) is 42.9. The molecule has 2 aromatic carbocycles. The lowest BCUT2D eigenvalue weighted by molar-refractivity contribution is -0.438. The molecule has 3 aliphatic rings. The van der Waals surface area contributed by atoms with Crippen molar-refractivity contribution in [2.24, 2.45) is 0 Å². The number of allylic oxidation sites excluding steroid dienone is 6. The third-order valence-electron chi connectivity index (χ3n) is 15.5. The van der Waals surface area contributed by atoms with Gasteiger partial charge in [-0.3, -0.25) is 37.8 Å². The van der Waals surface area contributed by atoms with E-state index in [9.17, 15) is 78.5 Å². The summed E-state index contributed by atoms with van der Waals surface area (Å²) in [7, 11) is -26.1. The van der Waals surface area contributed by atoms with E-state index in [2.05, 4.69) is 43.6 Å². The van der Waals surface area contributed by atoms with Crippen molar-refractivity contribution < 1.29 is 101 Å². The van der Waals surface area contributed by atoms with Crippen molar-refractivity contribution in [2.75, 3.05) is 44.2 Å². The van der Waals surface area contributed by atoms with Crippen LogP contribution in [-0.2, 0) is 77.0 Å². The maximum atomic E-state index is 12.7. The molecule has 10 N–H and O–H groups in total. The van der Waals surface area contributed by atoms with Gasteiger partial charge < -0.3 is 54.8 Å².